The molecule has 1 aromatic carbocycles. The number of aromatic nitrogens is 3. The number of hydrogen-bond acceptors (Lipinski definition) is 3. The summed E-state index contributed by atoms with van der Waals surface area (Å²) in [6, 6.07) is 10.6. The lowest BCUT2D eigenvalue weighted by Crippen LogP contribution is -2.21. The topological polar surface area (TPSA) is 59.8 Å². The smallest absolute Gasteiger partial charge is 0.274 e. The summed E-state index contributed by atoms with van der Waals surface area (Å²) in [6.45, 7) is 5.87. The van der Waals surface area contributed by atoms with E-state index in [-0.39, 0.29) is 12.2 Å². The van der Waals surface area contributed by atoms with Gasteiger partial charge in [-0.05, 0) is 11.6 Å². The lowest BCUT2D eigenvalue weighted by molar-refractivity contribution is 0.101. The van der Waals surface area contributed by atoms with Crippen molar-refractivity contribution in [2.75, 3.05) is 5.32 Å². The number of pyridine rings is 1. The van der Waals surface area contributed by atoms with E-state index in [2.05, 4.69) is 10.1 Å². The van der Waals surface area contributed by atoms with E-state index < -0.39 is 40.5 Å². The molecule has 0 fully saturated rings. The quantitative estimate of drug-likeness (QED) is 0.515. The van der Waals surface area contributed by atoms with Gasteiger partial charge in [0.1, 0.15) is 11.4 Å². The van der Waals surface area contributed by atoms with E-state index in [1.54, 1.807) is 0 Å². The molecule has 3 aromatic rings. The van der Waals surface area contributed by atoms with E-state index in [1.165, 1.54) is 10.7 Å². The number of carbonyl (C=O) groups is 1. The lowest BCUT2D eigenvalue weighted by Gasteiger charge is -2.14. The van der Waals surface area contributed by atoms with Gasteiger partial charge >= 0.3 is 0 Å². The molecule has 152 valence electrons. The summed E-state index contributed by atoms with van der Waals surface area (Å²) in [5.74, 6) is -8.25. The maximum absolute atomic E-state index is 13.9. The van der Waals surface area contributed by atoms with Crippen LogP contribution in [-0.4, -0.2) is 20.7 Å². The number of carbonyl (C=O) groups excluding carboxylic acids is 1. The van der Waals surface area contributed by atoms with Crippen molar-refractivity contribution in [3.05, 3.63) is 76.9 Å². The Balaban J connectivity index is 2.01. The average Bonchev–Trinajstić information content (AvgIpc) is 3.08. The van der Waals surface area contributed by atoms with Crippen molar-refractivity contribution >= 4 is 11.6 Å². The van der Waals surface area contributed by atoms with Crippen LogP contribution in [0.4, 0.5) is 23.2 Å². The van der Waals surface area contributed by atoms with Crippen LogP contribution in [0.1, 0.15) is 42.5 Å². The first-order chi connectivity index (χ1) is 13.6. The summed E-state index contributed by atoms with van der Waals surface area (Å²) in [5.41, 5.74) is -0.280. The van der Waals surface area contributed by atoms with Gasteiger partial charge in [0, 0.05) is 5.41 Å². The molecule has 2 heterocycles. The number of amides is 1. The molecule has 0 aliphatic carbocycles. The predicted molar refractivity (Wildman–Crippen MR) is 98.5 cm³/mol. The molecule has 0 bridgehead atoms. The second-order valence-corrected chi connectivity index (χ2v) is 7.46. The summed E-state index contributed by atoms with van der Waals surface area (Å²) in [5, 5.41) is 6.32. The zero-order chi connectivity index (χ0) is 21.3. The molecule has 0 aliphatic heterocycles. The molecular formula is C20H18F4N4O. The fourth-order valence-electron chi connectivity index (χ4n) is 2.62. The second-order valence-electron chi connectivity index (χ2n) is 7.46. The molecule has 0 atom stereocenters. The zero-order valence-electron chi connectivity index (χ0n) is 15.9. The Labute approximate surface area is 164 Å². The summed E-state index contributed by atoms with van der Waals surface area (Å²) >= 11 is 0. The highest BCUT2D eigenvalue weighted by Crippen LogP contribution is 2.25. The van der Waals surface area contributed by atoms with E-state index in [0.29, 0.717) is 5.69 Å². The first-order valence-electron chi connectivity index (χ1n) is 8.71. The highest BCUT2D eigenvalue weighted by Gasteiger charge is 2.26. The fourth-order valence-corrected chi connectivity index (χ4v) is 2.62. The SMILES string of the molecule is CC(C)(C)c1cc(C(=O)Nc2c(F)c(F)nc(F)c2F)n(Cc2ccccc2)n1. The van der Waals surface area contributed by atoms with Crippen molar-refractivity contribution in [3.63, 3.8) is 0 Å². The Bertz CT molecular complexity index is 1030. The summed E-state index contributed by atoms with van der Waals surface area (Å²) in [7, 11) is 0. The van der Waals surface area contributed by atoms with Gasteiger partial charge in [-0.15, -0.1) is 0 Å². The molecule has 3 rings (SSSR count). The van der Waals surface area contributed by atoms with E-state index in [1.807, 2.05) is 56.4 Å². The molecule has 29 heavy (non-hydrogen) atoms. The van der Waals surface area contributed by atoms with Crippen molar-refractivity contribution in [2.45, 2.75) is 32.7 Å². The lowest BCUT2D eigenvalue weighted by atomic mass is 9.92. The van der Waals surface area contributed by atoms with E-state index in [9.17, 15) is 22.4 Å². The van der Waals surface area contributed by atoms with Gasteiger partial charge in [-0.25, -0.2) is 0 Å². The van der Waals surface area contributed by atoms with Crippen LogP contribution in [0, 0.1) is 23.5 Å². The minimum atomic E-state index is -1.85. The molecule has 1 amide bonds. The van der Waals surface area contributed by atoms with Gasteiger partial charge in [0.2, 0.25) is 11.6 Å². The standard InChI is InChI=1S/C20H18F4N4O/c1-20(2,3)13-9-12(28(27-13)10-11-7-5-4-6-8-11)19(29)25-16-14(21)17(23)26-18(24)15(16)22/h4-9H,10H2,1-3H3,(H,25,26,29). The van der Waals surface area contributed by atoms with Crippen LogP contribution in [0.2, 0.25) is 0 Å². The van der Waals surface area contributed by atoms with Crippen molar-refractivity contribution in [3.8, 4) is 0 Å². The minimum absolute atomic E-state index is 0.0183. The molecule has 1 N–H and O–H groups in total. The third kappa shape index (κ3) is 4.28. The van der Waals surface area contributed by atoms with E-state index in [4.69, 9.17) is 0 Å². The normalized spacial score (nSPS) is 11.6. The number of anilines is 1. The monoisotopic (exact) mass is 406 g/mol. The summed E-state index contributed by atoms with van der Waals surface area (Å²) in [4.78, 5) is 15.2. The highest BCUT2D eigenvalue weighted by molar-refractivity contribution is 6.03. The number of benzene rings is 1. The maximum Gasteiger partial charge on any atom is 0.274 e. The number of nitrogens with zero attached hydrogens (tertiary/aromatic N) is 3. The van der Waals surface area contributed by atoms with Gasteiger partial charge in [0.15, 0.2) is 0 Å². The average molecular weight is 406 g/mol. The van der Waals surface area contributed by atoms with Crippen molar-refractivity contribution in [1.82, 2.24) is 14.8 Å². The van der Waals surface area contributed by atoms with Gasteiger partial charge in [-0.3, -0.25) is 9.48 Å². The minimum Gasteiger partial charge on any atom is -0.315 e. The first kappa shape index (κ1) is 20.5. The van der Waals surface area contributed by atoms with Gasteiger partial charge in [-0.2, -0.15) is 27.6 Å². The van der Waals surface area contributed by atoms with Gasteiger partial charge in [0.05, 0.1) is 12.2 Å². The van der Waals surface area contributed by atoms with Crippen molar-refractivity contribution in [1.29, 1.82) is 0 Å². The molecule has 9 heteroatoms. The molecule has 0 radical (unpaired) electrons. The molecule has 0 saturated heterocycles. The maximum atomic E-state index is 13.9. The third-order valence-electron chi connectivity index (χ3n) is 4.19. The van der Waals surface area contributed by atoms with Crippen LogP contribution in [-0.2, 0) is 12.0 Å². The molecule has 2 aromatic heterocycles. The van der Waals surface area contributed by atoms with Crippen molar-refractivity contribution < 1.29 is 22.4 Å². The Morgan fingerprint density at radius 1 is 1.03 bits per heavy atom. The Morgan fingerprint density at radius 2 is 1.62 bits per heavy atom. The van der Waals surface area contributed by atoms with Gasteiger partial charge < -0.3 is 5.32 Å². The molecule has 0 aliphatic rings. The van der Waals surface area contributed by atoms with Crippen LogP contribution >= 0.6 is 0 Å². The van der Waals surface area contributed by atoms with Crippen molar-refractivity contribution in [2.24, 2.45) is 0 Å². The zero-order valence-corrected chi connectivity index (χ0v) is 15.9. The molecule has 0 saturated carbocycles. The predicted octanol–water partition coefficient (Wildman–Crippen LogP) is 4.43. The molecular weight excluding hydrogens is 388 g/mol. The molecule has 5 nitrogen and oxygen atoms in total. The first-order valence-corrected chi connectivity index (χ1v) is 8.71. The Hall–Kier alpha value is -3.23. The number of halogens is 4. The molecule has 0 unspecified atom stereocenters. The van der Waals surface area contributed by atoms with Crippen LogP contribution in [0.25, 0.3) is 0 Å². The van der Waals surface area contributed by atoms with Crippen LogP contribution in [0.5, 0.6) is 0 Å². The van der Waals surface area contributed by atoms with Crippen LogP contribution in [0.3, 0.4) is 0 Å². The van der Waals surface area contributed by atoms with Gasteiger partial charge in [0.25, 0.3) is 17.8 Å². The van der Waals surface area contributed by atoms with E-state index >= 15 is 0 Å². The number of nitrogens with one attached hydrogen (secondary N) is 1. The fraction of sp³-hybridized carbons (Fsp3) is 0.250. The largest absolute Gasteiger partial charge is 0.315 e. The number of hydrogen-bond donors (Lipinski definition) is 1. The van der Waals surface area contributed by atoms with Crippen LogP contribution < -0.4 is 5.32 Å². The van der Waals surface area contributed by atoms with Crippen LogP contribution in [0.15, 0.2) is 36.4 Å². The second kappa shape index (κ2) is 7.65. The Morgan fingerprint density at radius 3 is 2.17 bits per heavy atom. The summed E-state index contributed by atoms with van der Waals surface area (Å²) in [6.07, 6.45) is 0. The molecule has 0 spiro atoms. The summed E-state index contributed by atoms with van der Waals surface area (Å²) < 4.78 is 55.8. The highest BCUT2D eigenvalue weighted by atomic mass is 19.2. The third-order valence-corrected chi connectivity index (χ3v) is 4.19. The van der Waals surface area contributed by atoms with E-state index in [0.717, 1.165) is 5.56 Å². The number of rotatable bonds is 4. The van der Waals surface area contributed by atoms with Gasteiger partial charge in [-0.1, -0.05) is 51.1 Å². The Kier molecular flexibility index (Phi) is 5.41.